The standard InChI is InChI=1S/C18H23BrN4O2/c1-14(11-23-13-16(19)10-20-23)18(24)21-17-4-2-3-15(9-17)12-22-5-7-25-8-6-22/h2-4,9-10,13-14H,5-8,11-12H2,1H3,(H,21,24). The SMILES string of the molecule is CC(Cn1cc(Br)cn1)C(=O)Nc1cccc(CN2CCOCC2)c1. The molecule has 0 bridgehead atoms. The molecule has 0 radical (unpaired) electrons. The number of aromatic nitrogens is 2. The molecule has 0 saturated carbocycles. The van der Waals surface area contributed by atoms with Crippen molar-refractivity contribution in [1.29, 1.82) is 0 Å². The second kappa shape index (κ2) is 8.60. The Morgan fingerprint density at radius 3 is 2.92 bits per heavy atom. The summed E-state index contributed by atoms with van der Waals surface area (Å²) >= 11 is 3.37. The zero-order valence-electron chi connectivity index (χ0n) is 14.3. The molecule has 25 heavy (non-hydrogen) atoms. The second-order valence-electron chi connectivity index (χ2n) is 6.36. The highest BCUT2D eigenvalue weighted by Gasteiger charge is 2.15. The number of morpholine rings is 1. The third kappa shape index (κ3) is 5.39. The Hall–Kier alpha value is -1.70. The summed E-state index contributed by atoms with van der Waals surface area (Å²) in [5, 5.41) is 7.21. The van der Waals surface area contributed by atoms with Gasteiger partial charge in [-0.1, -0.05) is 19.1 Å². The van der Waals surface area contributed by atoms with Crippen LogP contribution in [0.4, 0.5) is 5.69 Å². The molecule has 2 heterocycles. The number of benzene rings is 1. The van der Waals surface area contributed by atoms with Crippen LogP contribution in [0.1, 0.15) is 12.5 Å². The smallest absolute Gasteiger partial charge is 0.229 e. The first kappa shape index (κ1) is 18.1. The largest absolute Gasteiger partial charge is 0.379 e. The second-order valence-corrected chi connectivity index (χ2v) is 7.28. The van der Waals surface area contributed by atoms with Crippen LogP contribution in [-0.4, -0.2) is 46.9 Å². The molecule has 1 N–H and O–H groups in total. The zero-order chi connectivity index (χ0) is 17.6. The van der Waals surface area contributed by atoms with E-state index in [1.165, 1.54) is 5.56 Å². The number of hydrogen-bond acceptors (Lipinski definition) is 4. The van der Waals surface area contributed by atoms with Crippen LogP contribution in [0, 0.1) is 5.92 Å². The number of halogens is 1. The summed E-state index contributed by atoms with van der Waals surface area (Å²) in [5.74, 6) is -0.176. The minimum atomic E-state index is -0.172. The summed E-state index contributed by atoms with van der Waals surface area (Å²) in [7, 11) is 0. The molecule has 1 aliphatic heterocycles. The van der Waals surface area contributed by atoms with Gasteiger partial charge in [0.1, 0.15) is 0 Å². The molecule has 6 nitrogen and oxygen atoms in total. The van der Waals surface area contributed by atoms with Gasteiger partial charge in [0.05, 0.1) is 36.3 Å². The summed E-state index contributed by atoms with van der Waals surface area (Å²) in [6.07, 6.45) is 3.59. The summed E-state index contributed by atoms with van der Waals surface area (Å²) in [4.78, 5) is 14.8. The predicted octanol–water partition coefficient (Wildman–Crippen LogP) is 2.75. The average Bonchev–Trinajstić information content (AvgIpc) is 3.01. The monoisotopic (exact) mass is 406 g/mol. The molecular formula is C18H23BrN4O2. The number of nitrogens with zero attached hydrogens (tertiary/aromatic N) is 3. The fraction of sp³-hybridized carbons (Fsp3) is 0.444. The van der Waals surface area contributed by atoms with Crippen LogP contribution in [0.15, 0.2) is 41.1 Å². The van der Waals surface area contributed by atoms with Gasteiger partial charge in [0, 0.05) is 31.5 Å². The number of rotatable bonds is 6. The molecular weight excluding hydrogens is 384 g/mol. The minimum Gasteiger partial charge on any atom is -0.379 e. The van der Waals surface area contributed by atoms with Gasteiger partial charge in [0.25, 0.3) is 0 Å². The Balaban J connectivity index is 1.56. The fourth-order valence-electron chi connectivity index (χ4n) is 2.83. The van der Waals surface area contributed by atoms with Crippen molar-refractivity contribution in [2.24, 2.45) is 5.92 Å². The molecule has 134 valence electrons. The molecule has 3 rings (SSSR count). The molecule has 1 aromatic heterocycles. The Morgan fingerprint density at radius 1 is 1.40 bits per heavy atom. The molecule has 1 aromatic carbocycles. The van der Waals surface area contributed by atoms with Crippen LogP contribution >= 0.6 is 15.9 Å². The van der Waals surface area contributed by atoms with Gasteiger partial charge in [0.2, 0.25) is 5.91 Å². The lowest BCUT2D eigenvalue weighted by Gasteiger charge is -2.26. The first-order chi connectivity index (χ1) is 12.1. The molecule has 2 aromatic rings. The van der Waals surface area contributed by atoms with Crippen molar-refractivity contribution in [3.8, 4) is 0 Å². The Morgan fingerprint density at radius 2 is 2.20 bits per heavy atom. The number of hydrogen-bond donors (Lipinski definition) is 1. The van der Waals surface area contributed by atoms with Crippen LogP contribution in [0.5, 0.6) is 0 Å². The van der Waals surface area contributed by atoms with Gasteiger partial charge in [-0.3, -0.25) is 14.4 Å². The Labute approximate surface area is 156 Å². The van der Waals surface area contributed by atoms with E-state index in [2.05, 4.69) is 37.3 Å². The molecule has 1 unspecified atom stereocenters. The van der Waals surface area contributed by atoms with E-state index < -0.39 is 0 Å². The maximum absolute atomic E-state index is 12.4. The van der Waals surface area contributed by atoms with Crippen molar-refractivity contribution in [3.63, 3.8) is 0 Å². The van der Waals surface area contributed by atoms with Gasteiger partial charge in [-0.2, -0.15) is 5.10 Å². The molecule has 1 aliphatic rings. The number of anilines is 1. The molecule has 0 aliphatic carbocycles. The predicted molar refractivity (Wildman–Crippen MR) is 100 cm³/mol. The number of nitrogens with one attached hydrogen (secondary N) is 1. The fourth-order valence-corrected chi connectivity index (χ4v) is 3.16. The quantitative estimate of drug-likeness (QED) is 0.800. The van der Waals surface area contributed by atoms with E-state index in [0.29, 0.717) is 6.54 Å². The van der Waals surface area contributed by atoms with E-state index in [-0.39, 0.29) is 11.8 Å². The van der Waals surface area contributed by atoms with E-state index in [9.17, 15) is 4.79 Å². The number of carbonyl (C=O) groups excluding carboxylic acids is 1. The van der Waals surface area contributed by atoms with Crippen molar-refractivity contribution >= 4 is 27.5 Å². The molecule has 7 heteroatoms. The third-order valence-corrected chi connectivity index (χ3v) is 4.62. The number of ether oxygens (including phenoxy) is 1. The molecule has 1 fully saturated rings. The lowest BCUT2D eigenvalue weighted by atomic mass is 10.1. The zero-order valence-corrected chi connectivity index (χ0v) is 15.9. The molecule has 1 amide bonds. The highest BCUT2D eigenvalue weighted by molar-refractivity contribution is 9.10. The van der Waals surface area contributed by atoms with Crippen molar-refractivity contribution < 1.29 is 9.53 Å². The summed E-state index contributed by atoms with van der Waals surface area (Å²) in [6.45, 7) is 6.81. The minimum absolute atomic E-state index is 0.00450. The molecule has 1 atom stereocenters. The van der Waals surface area contributed by atoms with E-state index in [1.54, 1.807) is 10.9 Å². The van der Waals surface area contributed by atoms with Gasteiger partial charge >= 0.3 is 0 Å². The van der Waals surface area contributed by atoms with Crippen LogP contribution in [-0.2, 0) is 22.6 Å². The number of carbonyl (C=O) groups is 1. The Kier molecular flexibility index (Phi) is 6.23. The van der Waals surface area contributed by atoms with Gasteiger partial charge in [-0.05, 0) is 33.6 Å². The van der Waals surface area contributed by atoms with E-state index in [4.69, 9.17) is 4.74 Å². The maximum atomic E-state index is 12.4. The van der Waals surface area contributed by atoms with Crippen LogP contribution in [0.25, 0.3) is 0 Å². The topological polar surface area (TPSA) is 59.4 Å². The summed E-state index contributed by atoms with van der Waals surface area (Å²) < 4.78 is 8.06. The summed E-state index contributed by atoms with van der Waals surface area (Å²) in [6, 6.07) is 8.05. The third-order valence-electron chi connectivity index (χ3n) is 4.21. The van der Waals surface area contributed by atoms with Gasteiger partial charge in [0.15, 0.2) is 0 Å². The molecule has 1 saturated heterocycles. The first-order valence-corrected chi connectivity index (χ1v) is 9.27. The maximum Gasteiger partial charge on any atom is 0.229 e. The van der Waals surface area contributed by atoms with Crippen molar-refractivity contribution in [3.05, 3.63) is 46.7 Å². The van der Waals surface area contributed by atoms with Crippen LogP contribution in [0.2, 0.25) is 0 Å². The van der Waals surface area contributed by atoms with E-state index >= 15 is 0 Å². The van der Waals surface area contributed by atoms with Gasteiger partial charge in [-0.25, -0.2) is 0 Å². The lowest BCUT2D eigenvalue weighted by molar-refractivity contribution is -0.119. The van der Waals surface area contributed by atoms with E-state index in [1.807, 2.05) is 31.3 Å². The first-order valence-electron chi connectivity index (χ1n) is 8.48. The molecule has 0 spiro atoms. The Bertz CT molecular complexity index is 713. The van der Waals surface area contributed by atoms with Crippen molar-refractivity contribution in [1.82, 2.24) is 14.7 Å². The summed E-state index contributed by atoms with van der Waals surface area (Å²) in [5.41, 5.74) is 2.03. The lowest BCUT2D eigenvalue weighted by Crippen LogP contribution is -2.35. The van der Waals surface area contributed by atoms with Gasteiger partial charge in [-0.15, -0.1) is 0 Å². The highest BCUT2D eigenvalue weighted by Crippen LogP contribution is 2.15. The normalized spacial score (nSPS) is 16.6. The van der Waals surface area contributed by atoms with E-state index in [0.717, 1.165) is 43.0 Å². The number of amides is 1. The van der Waals surface area contributed by atoms with Crippen LogP contribution < -0.4 is 5.32 Å². The van der Waals surface area contributed by atoms with Crippen molar-refractivity contribution in [2.75, 3.05) is 31.6 Å². The van der Waals surface area contributed by atoms with Crippen molar-refractivity contribution in [2.45, 2.75) is 20.0 Å². The van der Waals surface area contributed by atoms with Gasteiger partial charge < -0.3 is 10.1 Å². The van der Waals surface area contributed by atoms with Crippen LogP contribution in [0.3, 0.4) is 0 Å². The highest BCUT2D eigenvalue weighted by atomic mass is 79.9. The average molecular weight is 407 g/mol.